The molecule has 1 aliphatic heterocycles. The van der Waals surface area contributed by atoms with Crippen LogP contribution in [-0.4, -0.2) is 59.5 Å². The molecular weight excluding hydrogens is 494 g/mol. The molecule has 37 heavy (non-hydrogen) atoms. The predicted octanol–water partition coefficient (Wildman–Crippen LogP) is 2.28. The fourth-order valence-corrected chi connectivity index (χ4v) is 4.10. The molecule has 2 aromatic rings. The Morgan fingerprint density at radius 1 is 0.946 bits per heavy atom. The van der Waals surface area contributed by atoms with E-state index in [0.717, 1.165) is 12.0 Å². The van der Waals surface area contributed by atoms with Crippen LogP contribution in [0.5, 0.6) is 0 Å². The molecule has 0 aromatic heterocycles. The topological polar surface area (TPSA) is 114 Å². The molecule has 2 N–H and O–H groups in total. The van der Waals surface area contributed by atoms with E-state index < -0.39 is 23.9 Å². The van der Waals surface area contributed by atoms with E-state index >= 15 is 0 Å². The standard InChI is InChI=1S/C27H31N3O6S/c31-23(13-14-24(32)35-17-7-12-20-8-3-1-4-9-20)29-27(37)30-16-15-28-26(34)22(30)18-25(33)36-19-21-10-5-2-6-11-21/h1-6,8-11,22H,7,12-19H2,(H,28,34)(H,29,31,37). The van der Waals surface area contributed by atoms with Gasteiger partial charge in [0.2, 0.25) is 11.8 Å². The summed E-state index contributed by atoms with van der Waals surface area (Å²) in [5.74, 6) is -1.87. The van der Waals surface area contributed by atoms with Crippen LogP contribution >= 0.6 is 12.2 Å². The summed E-state index contributed by atoms with van der Waals surface area (Å²) in [6, 6.07) is 18.2. The SMILES string of the molecule is O=C(CCC(=O)OCCCc1ccccc1)NC(=S)N1CCNC(=O)C1CC(=O)OCc1ccccc1. The van der Waals surface area contributed by atoms with Crippen molar-refractivity contribution in [2.24, 2.45) is 0 Å². The first-order valence-corrected chi connectivity index (χ1v) is 12.6. The molecule has 1 aliphatic rings. The number of carbonyl (C=O) groups excluding carboxylic acids is 4. The second-order valence-electron chi connectivity index (χ2n) is 8.51. The van der Waals surface area contributed by atoms with Crippen LogP contribution in [-0.2, 0) is 41.7 Å². The third-order valence-corrected chi connectivity index (χ3v) is 6.05. The number of nitrogens with one attached hydrogen (secondary N) is 2. The highest BCUT2D eigenvalue weighted by molar-refractivity contribution is 7.80. The molecule has 1 fully saturated rings. The molecule has 1 atom stereocenters. The Labute approximate surface area is 221 Å². The average molecular weight is 526 g/mol. The van der Waals surface area contributed by atoms with Gasteiger partial charge in [-0.05, 0) is 36.2 Å². The van der Waals surface area contributed by atoms with E-state index in [0.29, 0.717) is 19.5 Å². The highest BCUT2D eigenvalue weighted by Gasteiger charge is 2.34. The van der Waals surface area contributed by atoms with Crippen molar-refractivity contribution in [3.63, 3.8) is 0 Å². The van der Waals surface area contributed by atoms with E-state index in [1.165, 1.54) is 10.5 Å². The first-order valence-electron chi connectivity index (χ1n) is 12.2. The molecular formula is C27H31N3O6S. The zero-order valence-corrected chi connectivity index (χ0v) is 21.3. The molecule has 0 aliphatic carbocycles. The highest BCUT2D eigenvalue weighted by atomic mass is 32.1. The fourth-order valence-electron chi connectivity index (χ4n) is 3.76. The van der Waals surface area contributed by atoms with E-state index in [1.807, 2.05) is 60.7 Å². The van der Waals surface area contributed by atoms with Gasteiger partial charge < -0.3 is 25.0 Å². The number of esters is 2. The summed E-state index contributed by atoms with van der Waals surface area (Å²) >= 11 is 5.33. The molecule has 9 nitrogen and oxygen atoms in total. The largest absolute Gasteiger partial charge is 0.466 e. The number of benzene rings is 2. The lowest BCUT2D eigenvalue weighted by molar-refractivity contribution is -0.148. The van der Waals surface area contributed by atoms with Gasteiger partial charge in [0.05, 0.1) is 19.4 Å². The smallest absolute Gasteiger partial charge is 0.308 e. The van der Waals surface area contributed by atoms with Crippen molar-refractivity contribution in [2.75, 3.05) is 19.7 Å². The van der Waals surface area contributed by atoms with E-state index in [9.17, 15) is 19.2 Å². The predicted molar refractivity (Wildman–Crippen MR) is 140 cm³/mol. The number of aryl methyl sites for hydroxylation is 1. The molecule has 2 amide bonds. The first kappa shape index (κ1) is 27.8. The monoisotopic (exact) mass is 525 g/mol. The molecule has 0 radical (unpaired) electrons. The van der Waals surface area contributed by atoms with Crippen LogP contribution < -0.4 is 10.6 Å². The Morgan fingerprint density at radius 2 is 1.62 bits per heavy atom. The Kier molecular flexibility index (Phi) is 11.0. The van der Waals surface area contributed by atoms with Crippen LogP contribution in [0.25, 0.3) is 0 Å². The Bertz CT molecular complexity index is 1080. The summed E-state index contributed by atoms with van der Waals surface area (Å²) in [5, 5.41) is 5.28. The van der Waals surface area contributed by atoms with Gasteiger partial charge in [-0.25, -0.2) is 0 Å². The molecule has 2 aromatic carbocycles. The summed E-state index contributed by atoms with van der Waals surface area (Å²) in [6.45, 7) is 1.01. The lowest BCUT2D eigenvalue weighted by Gasteiger charge is -2.36. The van der Waals surface area contributed by atoms with E-state index in [-0.39, 0.29) is 43.5 Å². The number of nitrogens with zero attached hydrogens (tertiary/aromatic N) is 1. The van der Waals surface area contributed by atoms with Crippen LogP contribution in [0, 0.1) is 0 Å². The third kappa shape index (κ3) is 9.64. The van der Waals surface area contributed by atoms with E-state index in [4.69, 9.17) is 21.7 Å². The molecule has 0 saturated carbocycles. The summed E-state index contributed by atoms with van der Waals surface area (Å²) in [7, 11) is 0. The number of piperazine rings is 1. The minimum atomic E-state index is -0.903. The third-order valence-electron chi connectivity index (χ3n) is 5.71. The van der Waals surface area contributed by atoms with Crippen LogP contribution in [0.15, 0.2) is 60.7 Å². The minimum Gasteiger partial charge on any atom is -0.466 e. The number of amides is 2. The van der Waals surface area contributed by atoms with Gasteiger partial charge in [0.25, 0.3) is 0 Å². The fraction of sp³-hybridized carbons (Fsp3) is 0.370. The molecule has 196 valence electrons. The van der Waals surface area contributed by atoms with Crippen molar-refractivity contribution in [3.8, 4) is 0 Å². The van der Waals surface area contributed by atoms with Crippen LogP contribution in [0.4, 0.5) is 0 Å². The van der Waals surface area contributed by atoms with Crippen molar-refractivity contribution in [1.29, 1.82) is 0 Å². The number of rotatable bonds is 11. The molecule has 10 heteroatoms. The molecule has 1 unspecified atom stereocenters. The van der Waals surface area contributed by atoms with Gasteiger partial charge in [0.1, 0.15) is 12.6 Å². The zero-order valence-electron chi connectivity index (χ0n) is 20.5. The second-order valence-corrected chi connectivity index (χ2v) is 8.90. The van der Waals surface area contributed by atoms with Crippen molar-refractivity contribution in [3.05, 3.63) is 71.8 Å². The lowest BCUT2D eigenvalue weighted by atomic mass is 10.1. The number of hydrogen-bond acceptors (Lipinski definition) is 7. The summed E-state index contributed by atoms with van der Waals surface area (Å²) in [6.07, 6.45) is 1.08. The van der Waals surface area contributed by atoms with Crippen molar-refractivity contribution in [2.45, 2.75) is 44.8 Å². The molecule has 3 rings (SSSR count). The first-order chi connectivity index (χ1) is 17.9. The molecule has 0 bridgehead atoms. The van der Waals surface area contributed by atoms with Gasteiger partial charge in [0, 0.05) is 19.5 Å². The van der Waals surface area contributed by atoms with Gasteiger partial charge >= 0.3 is 11.9 Å². The number of carbonyl (C=O) groups is 4. The van der Waals surface area contributed by atoms with Gasteiger partial charge in [0.15, 0.2) is 5.11 Å². The highest BCUT2D eigenvalue weighted by Crippen LogP contribution is 2.12. The van der Waals surface area contributed by atoms with Gasteiger partial charge in [-0.15, -0.1) is 0 Å². The zero-order chi connectivity index (χ0) is 26.5. The van der Waals surface area contributed by atoms with E-state index in [2.05, 4.69) is 10.6 Å². The van der Waals surface area contributed by atoms with Crippen LogP contribution in [0.2, 0.25) is 0 Å². The normalized spacial score (nSPS) is 14.9. The number of ether oxygens (including phenoxy) is 2. The maximum Gasteiger partial charge on any atom is 0.308 e. The molecule has 1 heterocycles. The molecule has 0 spiro atoms. The average Bonchev–Trinajstić information content (AvgIpc) is 2.91. The van der Waals surface area contributed by atoms with Crippen molar-refractivity contribution < 1.29 is 28.7 Å². The van der Waals surface area contributed by atoms with Crippen LogP contribution in [0.3, 0.4) is 0 Å². The van der Waals surface area contributed by atoms with Crippen molar-refractivity contribution in [1.82, 2.24) is 15.5 Å². The maximum atomic E-state index is 12.4. The minimum absolute atomic E-state index is 0.0249. The molecule has 1 saturated heterocycles. The van der Waals surface area contributed by atoms with Gasteiger partial charge in [-0.2, -0.15) is 0 Å². The second kappa shape index (κ2) is 14.7. The summed E-state index contributed by atoms with van der Waals surface area (Å²) < 4.78 is 10.5. The van der Waals surface area contributed by atoms with E-state index in [1.54, 1.807) is 0 Å². The number of thiocarbonyl (C=S) groups is 1. The van der Waals surface area contributed by atoms with Crippen LogP contribution in [0.1, 0.15) is 36.8 Å². The summed E-state index contributed by atoms with van der Waals surface area (Å²) in [5.41, 5.74) is 2.00. The lowest BCUT2D eigenvalue weighted by Crippen LogP contribution is -2.60. The summed E-state index contributed by atoms with van der Waals surface area (Å²) in [4.78, 5) is 50.7. The van der Waals surface area contributed by atoms with Gasteiger partial charge in [-0.1, -0.05) is 60.7 Å². The number of hydrogen-bond donors (Lipinski definition) is 2. The Balaban J connectivity index is 1.38. The Hall–Kier alpha value is -3.79. The maximum absolute atomic E-state index is 12.4. The quantitative estimate of drug-likeness (QED) is 0.261. The van der Waals surface area contributed by atoms with Crippen molar-refractivity contribution >= 4 is 41.1 Å². The van der Waals surface area contributed by atoms with Gasteiger partial charge in [-0.3, -0.25) is 19.2 Å². The Morgan fingerprint density at radius 3 is 2.32 bits per heavy atom.